The Morgan fingerprint density at radius 1 is 0.469 bits per heavy atom. The summed E-state index contributed by atoms with van der Waals surface area (Å²) in [7, 11) is 0. The second kappa shape index (κ2) is 11.4. The van der Waals surface area contributed by atoms with Crippen LogP contribution in [0.1, 0.15) is 5.56 Å². The number of benzene rings is 8. The lowest BCUT2D eigenvalue weighted by molar-refractivity contribution is 1.18. The van der Waals surface area contributed by atoms with Crippen molar-refractivity contribution in [3.05, 3.63) is 181 Å². The first-order valence-corrected chi connectivity index (χ1v) is 16.3. The van der Waals surface area contributed by atoms with E-state index in [0.29, 0.717) is 11.3 Å². The fraction of sp³-hybridized carbons (Fsp3) is 0. The first-order valence-electron chi connectivity index (χ1n) is 16.3. The van der Waals surface area contributed by atoms with E-state index in [1.807, 2.05) is 42.5 Å². The van der Waals surface area contributed by atoms with Crippen LogP contribution in [0.4, 0.5) is 5.69 Å². The molecule has 9 rings (SSSR count). The lowest BCUT2D eigenvalue weighted by Crippen LogP contribution is -1.97. The van der Waals surface area contributed by atoms with Gasteiger partial charge in [0.05, 0.1) is 34.9 Å². The molecule has 0 amide bonds. The van der Waals surface area contributed by atoms with Crippen molar-refractivity contribution < 1.29 is 0 Å². The Morgan fingerprint density at radius 2 is 1.04 bits per heavy atom. The smallest absolute Gasteiger partial charge is 0.188 e. The number of hydrogen-bond acceptors (Lipinski definition) is 1. The molecule has 0 bridgehead atoms. The van der Waals surface area contributed by atoms with Gasteiger partial charge in [-0.25, -0.2) is 4.85 Å². The summed E-state index contributed by atoms with van der Waals surface area (Å²) >= 11 is 0. The Labute approximate surface area is 284 Å². The van der Waals surface area contributed by atoms with Gasteiger partial charge in [-0.15, -0.1) is 0 Å². The second-order valence-electron chi connectivity index (χ2n) is 12.3. The molecule has 0 saturated carbocycles. The molecule has 0 aliphatic heterocycles. The minimum absolute atomic E-state index is 0.583. The van der Waals surface area contributed by atoms with Crippen molar-refractivity contribution >= 4 is 49.0 Å². The van der Waals surface area contributed by atoms with E-state index in [1.54, 1.807) is 0 Å². The van der Waals surface area contributed by atoms with Crippen molar-refractivity contribution in [3.63, 3.8) is 0 Å². The molecule has 8 aromatic carbocycles. The van der Waals surface area contributed by atoms with Crippen LogP contribution in [-0.4, -0.2) is 4.57 Å². The van der Waals surface area contributed by atoms with Gasteiger partial charge in [0.25, 0.3) is 0 Å². The molecule has 49 heavy (non-hydrogen) atoms. The molecule has 1 aromatic heterocycles. The Balaban J connectivity index is 1.32. The molecule has 0 radical (unpaired) electrons. The normalized spacial score (nSPS) is 11.2. The van der Waals surface area contributed by atoms with Crippen LogP contribution in [0.2, 0.25) is 0 Å². The number of nitriles is 1. The zero-order valence-electron chi connectivity index (χ0n) is 26.4. The second-order valence-corrected chi connectivity index (χ2v) is 12.3. The summed E-state index contributed by atoms with van der Waals surface area (Å²) in [5.41, 5.74) is 11.0. The van der Waals surface area contributed by atoms with Gasteiger partial charge in [0.2, 0.25) is 0 Å². The van der Waals surface area contributed by atoms with E-state index in [9.17, 15) is 5.26 Å². The van der Waals surface area contributed by atoms with E-state index in [-0.39, 0.29) is 0 Å². The van der Waals surface area contributed by atoms with Gasteiger partial charge in [0.15, 0.2) is 5.69 Å². The van der Waals surface area contributed by atoms with Crippen molar-refractivity contribution in [2.45, 2.75) is 0 Å². The number of nitrogens with zero attached hydrogens (tertiary/aromatic N) is 3. The maximum Gasteiger partial charge on any atom is 0.188 e. The highest BCUT2D eigenvalue weighted by Crippen LogP contribution is 2.45. The van der Waals surface area contributed by atoms with Crippen molar-refractivity contribution in [2.75, 3.05) is 0 Å². The van der Waals surface area contributed by atoms with Gasteiger partial charge < -0.3 is 4.57 Å². The highest BCUT2D eigenvalue weighted by Gasteiger charge is 2.19. The standard InChI is InChI=1S/C46H27N3/c1-48-34-23-25-43(49-42-21-10-9-16-35(42)41-26-30(29-47)22-24-44(41)49)40(28-34)32-14-11-15-33(27-32)46-38-19-7-5-17-36(38)45(31-12-3-2-4-13-31)37-18-6-8-20-39(37)46/h2-28H. The highest BCUT2D eigenvalue weighted by molar-refractivity contribution is 6.21. The van der Waals surface area contributed by atoms with E-state index in [2.05, 4.69) is 137 Å². The van der Waals surface area contributed by atoms with Gasteiger partial charge in [-0.2, -0.15) is 5.26 Å². The van der Waals surface area contributed by atoms with Gasteiger partial charge in [0, 0.05) is 10.8 Å². The van der Waals surface area contributed by atoms with Crippen LogP contribution in [0, 0.1) is 17.9 Å². The summed E-state index contributed by atoms with van der Waals surface area (Å²) in [6, 6.07) is 59.2. The first kappa shape index (κ1) is 28.3. The van der Waals surface area contributed by atoms with Crippen LogP contribution in [0.3, 0.4) is 0 Å². The quantitative estimate of drug-likeness (QED) is 0.142. The molecule has 0 unspecified atom stereocenters. The topological polar surface area (TPSA) is 33.1 Å². The predicted octanol–water partition coefficient (Wildman–Crippen LogP) is 12.5. The Kier molecular flexibility index (Phi) is 6.58. The Bertz CT molecular complexity index is 2790. The average molecular weight is 622 g/mol. The SMILES string of the molecule is [C-]#[N+]c1ccc(-n2c3ccccc3c3cc(C#N)ccc32)c(-c2cccc(-c3c4ccccc4c(-c4ccccc4)c4ccccc34)c2)c1. The monoisotopic (exact) mass is 621 g/mol. The number of aromatic nitrogens is 1. The minimum atomic E-state index is 0.583. The molecule has 3 heteroatoms. The van der Waals surface area contributed by atoms with Crippen molar-refractivity contribution in [2.24, 2.45) is 0 Å². The van der Waals surface area contributed by atoms with Crippen LogP contribution < -0.4 is 0 Å². The maximum atomic E-state index is 9.68. The minimum Gasteiger partial charge on any atom is -0.309 e. The molecular weight excluding hydrogens is 595 g/mol. The molecule has 0 aliphatic rings. The summed E-state index contributed by atoms with van der Waals surface area (Å²) in [5.74, 6) is 0. The molecule has 9 aromatic rings. The molecule has 0 spiro atoms. The lowest BCUT2D eigenvalue weighted by atomic mass is 9.85. The lowest BCUT2D eigenvalue weighted by Gasteiger charge is -2.19. The Morgan fingerprint density at radius 3 is 1.71 bits per heavy atom. The van der Waals surface area contributed by atoms with Crippen molar-refractivity contribution in [1.29, 1.82) is 5.26 Å². The predicted molar refractivity (Wildman–Crippen MR) is 203 cm³/mol. The molecular formula is C46H27N3. The van der Waals surface area contributed by atoms with E-state index in [0.717, 1.165) is 44.2 Å². The summed E-state index contributed by atoms with van der Waals surface area (Å²) in [5, 5.41) is 16.6. The molecule has 3 nitrogen and oxygen atoms in total. The van der Waals surface area contributed by atoms with Gasteiger partial charge in [0.1, 0.15) is 0 Å². The van der Waals surface area contributed by atoms with Gasteiger partial charge >= 0.3 is 0 Å². The van der Waals surface area contributed by atoms with Crippen LogP contribution >= 0.6 is 0 Å². The van der Waals surface area contributed by atoms with E-state index in [1.165, 1.54) is 38.2 Å². The van der Waals surface area contributed by atoms with Crippen molar-refractivity contribution in [1.82, 2.24) is 4.57 Å². The number of rotatable bonds is 4. The summed E-state index contributed by atoms with van der Waals surface area (Å²) in [4.78, 5) is 3.83. The Hall–Kier alpha value is -6.94. The third-order valence-corrected chi connectivity index (χ3v) is 9.61. The zero-order chi connectivity index (χ0) is 32.9. The van der Waals surface area contributed by atoms with Gasteiger partial charge in [-0.3, -0.25) is 0 Å². The van der Waals surface area contributed by atoms with Crippen LogP contribution in [0.25, 0.3) is 87.3 Å². The summed E-state index contributed by atoms with van der Waals surface area (Å²) in [6.45, 7) is 7.89. The average Bonchev–Trinajstić information content (AvgIpc) is 3.50. The molecule has 0 fully saturated rings. The fourth-order valence-electron chi connectivity index (χ4n) is 7.52. The summed E-state index contributed by atoms with van der Waals surface area (Å²) < 4.78 is 2.26. The fourth-order valence-corrected chi connectivity index (χ4v) is 7.52. The number of hydrogen-bond donors (Lipinski definition) is 0. The number of fused-ring (bicyclic) bond motifs is 5. The van der Waals surface area contributed by atoms with Crippen LogP contribution in [-0.2, 0) is 0 Å². The molecule has 0 N–H and O–H groups in total. The summed E-state index contributed by atoms with van der Waals surface area (Å²) in [6.07, 6.45) is 0. The van der Waals surface area contributed by atoms with E-state index in [4.69, 9.17) is 6.57 Å². The molecule has 226 valence electrons. The molecule has 0 saturated heterocycles. The zero-order valence-corrected chi connectivity index (χ0v) is 26.4. The van der Waals surface area contributed by atoms with Gasteiger partial charge in [-0.05, 0) is 97.4 Å². The van der Waals surface area contributed by atoms with E-state index >= 15 is 0 Å². The first-order chi connectivity index (χ1) is 24.2. The van der Waals surface area contributed by atoms with Crippen molar-refractivity contribution in [3.8, 4) is 45.1 Å². The van der Waals surface area contributed by atoms with Crippen LogP contribution in [0.5, 0.6) is 0 Å². The van der Waals surface area contributed by atoms with Gasteiger partial charge in [-0.1, -0.05) is 121 Å². The highest BCUT2D eigenvalue weighted by atomic mass is 15.0. The largest absolute Gasteiger partial charge is 0.309 e. The third-order valence-electron chi connectivity index (χ3n) is 9.61. The molecule has 1 heterocycles. The molecule has 0 atom stereocenters. The maximum absolute atomic E-state index is 9.68. The number of para-hydroxylation sites is 1. The molecule has 0 aliphatic carbocycles. The van der Waals surface area contributed by atoms with E-state index < -0.39 is 0 Å². The third kappa shape index (κ3) is 4.49. The van der Waals surface area contributed by atoms with Crippen LogP contribution in [0.15, 0.2) is 164 Å².